The van der Waals surface area contributed by atoms with E-state index in [4.69, 9.17) is 15.4 Å². The van der Waals surface area contributed by atoms with Crippen LogP contribution in [0.2, 0.25) is 0 Å². The second-order valence-corrected chi connectivity index (χ2v) is 6.83. The second-order valence-electron chi connectivity index (χ2n) is 6.83. The standard InChI is InChI=1S/C10H13N5O4.C9H7F3O2/c1-5-3-15(10(18)12-9(5)17)8-2-6(13-14-11)7(4-16)19-8;1-14-8(13)6-4-2-3-5-7(6)9(10,11)12/h3,6-8,16H,2,4H2,1H3,(H,12,17,18);2-5H,1H3/t6-,7+,8+;/m0./s1. The van der Waals surface area contributed by atoms with Gasteiger partial charge in [0.25, 0.3) is 5.56 Å². The second kappa shape index (κ2) is 10.8. The molecule has 3 rings (SSSR count). The number of aryl methyl sites for hydroxylation is 1. The van der Waals surface area contributed by atoms with Gasteiger partial charge in [0.2, 0.25) is 0 Å². The molecule has 1 saturated heterocycles. The molecule has 178 valence electrons. The molecule has 0 amide bonds. The minimum absolute atomic E-state index is 0.265. The van der Waals surface area contributed by atoms with Crippen LogP contribution in [0.4, 0.5) is 13.2 Å². The van der Waals surface area contributed by atoms with Crippen molar-refractivity contribution >= 4 is 5.97 Å². The van der Waals surface area contributed by atoms with Gasteiger partial charge in [-0.25, -0.2) is 9.59 Å². The van der Waals surface area contributed by atoms with Gasteiger partial charge in [0, 0.05) is 23.1 Å². The summed E-state index contributed by atoms with van der Waals surface area (Å²) in [5.74, 6) is -0.988. The minimum Gasteiger partial charge on any atom is -0.465 e. The molecule has 0 bridgehead atoms. The first kappa shape index (κ1) is 25.6. The maximum absolute atomic E-state index is 12.3. The van der Waals surface area contributed by atoms with Crippen molar-refractivity contribution < 1.29 is 32.5 Å². The summed E-state index contributed by atoms with van der Waals surface area (Å²) in [6, 6.07) is 3.94. The highest BCUT2D eigenvalue weighted by atomic mass is 19.4. The molecule has 2 N–H and O–H groups in total. The number of nitrogens with one attached hydrogen (secondary N) is 1. The number of rotatable bonds is 4. The van der Waals surface area contributed by atoms with E-state index >= 15 is 0 Å². The van der Waals surface area contributed by atoms with Crippen molar-refractivity contribution in [1.29, 1.82) is 0 Å². The van der Waals surface area contributed by atoms with Crippen molar-refractivity contribution in [2.45, 2.75) is 37.9 Å². The third-order valence-corrected chi connectivity index (χ3v) is 4.68. The summed E-state index contributed by atoms with van der Waals surface area (Å²) in [4.78, 5) is 38.8. The van der Waals surface area contributed by atoms with E-state index in [9.17, 15) is 27.6 Å². The molecule has 0 aliphatic carbocycles. The Morgan fingerprint density at radius 1 is 1.39 bits per heavy atom. The predicted molar refractivity (Wildman–Crippen MR) is 107 cm³/mol. The van der Waals surface area contributed by atoms with Gasteiger partial charge in [-0.15, -0.1) is 0 Å². The van der Waals surface area contributed by atoms with Crippen molar-refractivity contribution in [3.05, 3.63) is 78.4 Å². The van der Waals surface area contributed by atoms with Gasteiger partial charge in [-0.05, 0) is 24.6 Å². The van der Waals surface area contributed by atoms with Crippen molar-refractivity contribution in [2.24, 2.45) is 5.11 Å². The third kappa shape index (κ3) is 6.22. The molecule has 1 aromatic heterocycles. The number of aliphatic hydroxyl groups excluding tert-OH is 1. The summed E-state index contributed by atoms with van der Waals surface area (Å²) in [7, 11) is 1.04. The minimum atomic E-state index is -4.54. The molecular weight excluding hydrogens is 451 g/mol. The van der Waals surface area contributed by atoms with E-state index in [1.165, 1.54) is 22.9 Å². The average molecular weight is 471 g/mol. The highest BCUT2D eigenvalue weighted by Crippen LogP contribution is 2.32. The van der Waals surface area contributed by atoms with E-state index < -0.39 is 52.9 Å². The molecule has 14 heteroatoms. The summed E-state index contributed by atoms with van der Waals surface area (Å²) in [5, 5.41) is 12.7. The molecule has 1 aliphatic rings. The zero-order chi connectivity index (χ0) is 24.8. The van der Waals surface area contributed by atoms with Gasteiger partial charge < -0.3 is 14.6 Å². The predicted octanol–water partition coefficient (Wildman–Crippen LogP) is 2.30. The lowest BCUT2D eigenvalue weighted by molar-refractivity contribution is -0.138. The fourth-order valence-electron chi connectivity index (χ4n) is 3.06. The van der Waals surface area contributed by atoms with Crippen LogP contribution in [0.1, 0.15) is 34.1 Å². The first-order valence-corrected chi connectivity index (χ1v) is 9.40. The number of benzene rings is 1. The smallest absolute Gasteiger partial charge is 0.417 e. The van der Waals surface area contributed by atoms with E-state index in [-0.39, 0.29) is 13.0 Å². The average Bonchev–Trinajstić information content (AvgIpc) is 3.18. The Bertz CT molecular complexity index is 1160. The quantitative estimate of drug-likeness (QED) is 0.301. The summed E-state index contributed by atoms with van der Waals surface area (Å²) in [6.07, 6.45) is -4.21. The van der Waals surface area contributed by atoms with Crippen molar-refractivity contribution in [2.75, 3.05) is 13.7 Å². The molecule has 1 aliphatic heterocycles. The summed E-state index contributed by atoms with van der Waals surface area (Å²) in [5.41, 5.74) is 6.31. The maximum Gasteiger partial charge on any atom is 0.417 e. The number of aliphatic hydroxyl groups is 1. The van der Waals surface area contributed by atoms with Crippen LogP contribution in [0, 0.1) is 6.92 Å². The van der Waals surface area contributed by atoms with Crippen LogP contribution in [0.15, 0.2) is 45.2 Å². The fourth-order valence-corrected chi connectivity index (χ4v) is 3.06. The molecule has 2 heterocycles. The molecule has 1 fully saturated rings. The summed E-state index contributed by atoms with van der Waals surface area (Å²) >= 11 is 0. The van der Waals surface area contributed by atoms with Crippen LogP contribution < -0.4 is 11.2 Å². The van der Waals surface area contributed by atoms with Crippen LogP contribution in [0.3, 0.4) is 0 Å². The van der Waals surface area contributed by atoms with E-state index in [1.54, 1.807) is 6.92 Å². The number of alkyl halides is 3. The lowest BCUT2D eigenvalue weighted by Crippen LogP contribution is -2.33. The SMILES string of the molecule is COC(=O)c1ccccc1C(F)(F)F.Cc1cn([C@H]2C[C@H](N=[N+]=[N-])[C@@H](CO)O2)c(=O)[nH]c1=O. The number of halogens is 3. The number of ether oxygens (including phenoxy) is 2. The van der Waals surface area contributed by atoms with Gasteiger partial charge in [-0.3, -0.25) is 14.3 Å². The zero-order valence-corrected chi connectivity index (χ0v) is 17.4. The molecule has 2 aromatic rings. The Morgan fingerprint density at radius 2 is 2.06 bits per heavy atom. The normalized spacial score (nSPS) is 19.8. The summed E-state index contributed by atoms with van der Waals surface area (Å²) in [6.45, 7) is 1.26. The Kier molecular flexibility index (Phi) is 8.40. The van der Waals surface area contributed by atoms with Crippen molar-refractivity contribution in [3.8, 4) is 0 Å². The molecule has 1 aromatic carbocycles. The van der Waals surface area contributed by atoms with Gasteiger partial charge in [0.1, 0.15) is 6.23 Å². The molecular formula is C19H20F3N5O6. The molecule has 0 spiro atoms. The number of hydrogen-bond donors (Lipinski definition) is 2. The van der Waals surface area contributed by atoms with E-state index in [0.717, 1.165) is 19.2 Å². The number of aromatic amines is 1. The molecule has 0 radical (unpaired) electrons. The molecule has 0 saturated carbocycles. The Morgan fingerprint density at radius 3 is 2.64 bits per heavy atom. The Hall–Kier alpha value is -3.61. The number of carbonyl (C=O) groups excluding carboxylic acids is 1. The van der Waals surface area contributed by atoms with Crippen molar-refractivity contribution in [1.82, 2.24) is 9.55 Å². The zero-order valence-electron chi connectivity index (χ0n) is 17.4. The third-order valence-electron chi connectivity index (χ3n) is 4.68. The number of carbonyl (C=O) groups is 1. The number of hydrogen-bond acceptors (Lipinski definition) is 7. The highest BCUT2D eigenvalue weighted by Gasteiger charge is 2.36. The number of esters is 1. The van der Waals surface area contributed by atoms with E-state index in [1.807, 2.05) is 0 Å². The topological polar surface area (TPSA) is 159 Å². The maximum atomic E-state index is 12.3. The van der Waals surface area contributed by atoms with E-state index in [2.05, 4.69) is 19.7 Å². The van der Waals surface area contributed by atoms with Crippen molar-refractivity contribution in [3.63, 3.8) is 0 Å². The Balaban J connectivity index is 0.000000245. The van der Waals surface area contributed by atoms with Gasteiger partial charge in [0.05, 0.1) is 37.0 Å². The molecule has 0 unspecified atom stereocenters. The van der Waals surface area contributed by atoms with E-state index in [0.29, 0.717) is 5.56 Å². The molecule has 11 nitrogen and oxygen atoms in total. The van der Waals surface area contributed by atoms with Crippen LogP contribution in [0.25, 0.3) is 10.4 Å². The fraction of sp³-hybridized carbons (Fsp3) is 0.421. The number of azide groups is 1. The van der Waals surface area contributed by atoms with Gasteiger partial charge in [0.15, 0.2) is 0 Å². The summed E-state index contributed by atoms with van der Waals surface area (Å²) < 4.78 is 47.9. The largest absolute Gasteiger partial charge is 0.465 e. The highest BCUT2D eigenvalue weighted by molar-refractivity contribution is 5.91. The number of methoxy groups -OCH3 is 1. The lowest BCUT2D eigenvalue weighted by Gasteiger charge is -2.14. The van der Waals surface area contributed by atoms with Crippen LogP contribution in [-0.2, 0) is 15.7 Å². The first-order valence-electron chi connectivity index (χ1n) is 9.40. The van der Waals surface area contributed by atoms with Crippen LogP contribution in [0.5, 0.6) is 0 Å². The van der Waals surface area contributed by atoms with Gasteiger partial charge in [-0.1, -0.05) is 17.2 Å². The van der Waals surface area contributed by atoms with Crippen LogP contribution >= 0.6 is 0 Å². The molecule has 33 heavy (non-hydrogen) atoms. The number of aromatic nitrogens is 2. The van der Waals surface area contributed by atoms with Gasteiger partial charge >= 0.3 is 17.8 Å². The molecule has 3 atom stereocenters. The van der Waals surface area contributed by atoms with Crippen LogP contribution in [-0.4, -0.2) is 46.5 Å². The Labute approximate surface area is 184 Å². The first-order chi connectivity index (χ1) is 15.5. The van der Waals surface area contributed by atoms with Gasteiger partial charge in [-0.2, -0.15) is 13.2 Å². The number of H-pyrrole nitrogens is 1. The monoisotopic (exact) mass is 471 g/mol. The number of nitrogens with zero attached hydrogens (tertiary/aromatic N) is 4. The lowest BCUT2D eigenvalue weighted by atomic mass is 10.1.